The van der Waals surface area contributed by atoms with Crippen LogP contribution in [0.4, 0.5) is 5.69 Å². The fraction of sp³-hybridized carbons (Fsp3) is 0.550. The molecule has 3 rings (SSSR count). The molecule has 0 unspecified atom stereocenters. The van der Waals surface area contributed by atoms with Crippen molar-refractivity contribution in [2.24, 2.45) is 5.92 Å². The summed E-state index contributed by atoms with van der Waals surface area (Å²) >= 11 is 0. The van der Waals surface area contributed by atoms with Gasteiger partial charge < -0.3 is 19.3 Å². The number of rotatable bonds is 5. The lowest BCUT2D eigenvalue weighted by Crippen LogP contribution is -2.39. The molecule has 27 heavy (non-hydrogen) atoms. The first-order chi connectivity index (χ1) is 12.9. The highest BCUT2D eigenvalue weighted by atomic mass is 16.5. The normalized spacial score (nSPS) is 20.7. The minimum absolute atomic E-state index is 0.0700. The predicted molar refractivity (Wildman–Crippen MR) is 99.6 cm³/mol. The van der Waals surface area contributed by atoms with E-state index in [-0.39, 0.29) is 24.8 Å². The summed E-state index contributed by atoms with van der Waals surface area (Å²) in [6, 6.07) is 5.57. The van der Waals surface area contributed by atoms with E-state index in [0.29, 0.717) is 24.5 Å². The Labute approximate surface area is 159 Å². The van der Waals surface area contributed by atoms with Crippen molar-refractivity contribution >= 4 is 23.5 Å². The largest absolute Gasteiger partial charge is 0.495 e. The smallest absolute Gasteiger partial charge is 0.312 e. The summed E-state index contributed by atoms with van der Waals surface area (Å²) in [6.45, 7) is 5.17. The molecule has 2 amide bonds. The monoisotopic (exact) mass is 374 g/mol. The Morgan fingerprint density at radius 1 is 1.22 bits per heavy atom. The van der Waals surface area contributed by atoms with E-state index in [1.54, 1.807) is 29.9 Å². The van der Waals surface area contributed by atoms with Crippen LogP contribution in [0.25, 0.3) is 0 Å². The van der Waals surface area contributed by atoms with E-state index in [9.17, 15) is 14.4 Å². The lowest BCUT2D eigenvalue weighted by molar-refractivity contribution is -0.161. The number of anilines is 1. The lowest BCUT2D eigenvalue weighted by atomic mass is 10.1. The number of benzene rings is 1. The zero-order valence-electron chi connectivity index (χ0n) is 16.1. The van der Waals surface area contributed by atoms with E-state index in [4.69, 9.17) is 9.47 Å². The quantitative estimate of drug-likeness (QED) is 0.736. The van der Waals surface area contributed by atoms with Gasteiger partial charge in [0.1, 0.15) is 5.75 Å². The fourth-order valence-corrected chi connectivity index (χ4v) is 3.62. The molecule has 2 fully saturated rings. The van der Waals surface area contributed by atoms with Crippen LogP contribution >= 0.6 is 0 Å². The molecule has 2 atom stereocenters. The summed E-state index contributed by atoms with van der Waals surface area (Å²) in [5, 5.41) is 0. The average Bonchev–Trinajstić information content (AvgIpc) is 3.30. The van der Waals surface area contributed by atoms with Gasteiger partial charge in [-0.05, 0) is 44.4 Å². The number of esters is 1. The number of hydrogen-bond acceptors (Lipinski definition) is 5. The van der Waals surface area contributed by atoms with Gasteiger partial charge in [-0.3, -0.25) is 14.4 Å². The Morgan fingerprint density at radius 2 is 1.93 bits per heavy atom. The Kier molecular flexibility index (Phi) is 5.68. The van der Waals surface area contributed by atoms with Crippen LogP contribution in [-0.4, -0.2) is 55.5 Å². The Morgan fingerprint density at radius 3 is 2.59 bits per heavy atom. The van der Waals surface area contributed by atoms with E-state index in [1.165, 1.54) is 0 Å². The molecule has 7 heteroatoms. The van der Waals surface area contributed by atoms with Crippen molar-refractivity contribution in [1.82, 2.24) is 4.90 Å². The Balaban J connectivity index is 1.65. The van der Waals surface area contributed by atoms with Crippen molar-refractivity contribution in [3.05, 3.63) is 23.8 Å². The van der Waals surface area contributed by atoms with Gasteiger partial charge in [-0.2, -0.15) is 0 Å². The van der Waals surface area contributed by atoms with Crippen LogP contribution in [0, 0.1) is 12.8 Å². The zero-order valence-corrected chi connectivity index (χ0v) is 16.1. The number of hydrogen-bond donors (Lipinski definition) is 0. The van der Waals surface area contributed by atoms with Gasteiger partial charge in [-0.1, -0.05) is 6.07 Å². The molecular formula is C20H26N2O5. The maximum atomic E-state index is 12.5. The highest BCUT2D eigenvalue weighted by molar-refractivity contribution is 6.00. The second-order valence-corrected chi connectivity index (χ2v) is 7.19. The fourth-order valence-electron chi connectivity index (χ4n) is 3.62. The predicted octanol–water partition coefficient (Wildman–Crippen LogP) is 1.91. The zero-order chi connectivity index (χ0) is 19.6. The number of amides is 2. The molecular weight excluding hydrogens is 348 g/mol. The molecule has 0 radical (unpaired) electrons. The van der Waals surface area contributed by atoms with Crippen molar-refractivity contribution in [1.29, 1.82) is 0 Å². The second-order valence-electron chi connectivity index (χ2n) is 7.19. The Bertz CT molecular complexity index is 742. The highest BCUT2D eigenvalue weighted by Crippen LogP contribution is 2.34. The summed E-state index contributed by atoms with van der Waals surface area (Å²) < 4.78 is 10.7. The molecule has 0 N–H and O–H groups in total. The summed E-state index contributed by atoms with van der Waals surface area (Å²) in [5.74, 6) is -0.823. The number of likely N-dealkylation sites (tertiary alicyclic amines) is 1. The van der Waals surface area contributed by atoms with Gasteiger partial charge in [0.25, 0.3) is 5.91 Å². The van der Waals surface area contributed by atoms with Crippen LogP contribution in [0.2, 0.25) is 0 Å². The van der Waals surface area contributed by atoms with Crippen molar-refractivity contribution < 1.29 is 23.9 Å². The van der Waals surface area contributed by atoms with Gasteiger partial charge in [0.2, 0.25) is 5.91 Å². The molecule has 0 aliphatic carbocycles. The maximum Gasteiger partial charge on any atom is 0.312 e. The first-order valence-electron chi connectivity index (χ1n) is 9.35. The third kappa shape index (κ3) is 4.07. The molecule has 1 aromatic rings. The lowest BCUT2D eigenvalue weighted by Gasteiger charge is -2.22. The number of ether oxygens (including phenoxy) is 2. The average molecular weight is 374 g/mol. The summed E-state index contributed by atoms with van der Waals surface area (Å²) in [6.07, 6.45) is 1.21. The second kappa shape index (κ2) is 7.98. The molecule has 146 valence electrons. The van der Waals surface area contributed by atoms with Gasteiger partial charge >= 0.3 is 5.97 Å². The van der Waals surface area contributed by atoms with E-state index in [0.717, 1.165) is 18.4 Å². The maximum absolute atomic E-state index is 12.5. The molecule has 7 nitrogen and oxygen atoms in total. The van der Waals surface area contributed by atoms with Crippen LogP contribution < -0.4 is 9.64 Å². The molecule has 0 spiro atoms. The van der Waals surface area contributed by atoms with Gasteiger partial charge in [0, 0.05) is 26.1 Å². The molecule has 1 aromatic carbocycles. The van der Waals surface area contributed by atoms with Crippen LogP contribution in [0.5, 0.6) is 5.75 Å². The molecule has 0 saturated carbocycles. The van der Waals surface area contributed by atoms with Gasteiger partial charge in [0.15, 0.2) is 6.10 Å². The van der Waals surface area contributed by atoms with Crippen LogP contribution in [0.1, 0.15) is 31.7 Å². The molecule has 0 aromatic heterocycles. The molecule has 2 aliphatic heterocycles. The van der Waals surface area contributed by atoms with Gasteiger partial charge in [0.05, 0.1) is 18.7 Å². The first kappa shape index (κ1) is 19.2. The van der Waals surface area contributed by atoms with Crippen LogP contribution in [-0.2, 0) is 19.1 Å². The van der Waals surface area contributed by atoms with Crippen molar-refractivity contribution in [3.8, 4) is 5.75 Å². The minimum atomic E-state index is -0.826. The number of nitrogens with zero attached hydrogens (tertiary/aromatic N) is 2. The SMILES string of the molecule is COc1ccc(C)cc1N1C[C@H](C(=O)O[C@H](C)C(=O)N2CCCC2)CC1=O. The molecule has 0 bridgehead atoms. The third-order valence-corrected chi connectivity index (χ3v) is 5.14. The van der Waals surface area contributed by atoms with Crippen molar-refractivity contribution in [3.63, 3.8) is 0 Å². The van der Waals surface area contributed by atoms with Gasteiger partial charge in [-0.25, -0.2) is 0 Å². The summed E-state index contributed by atoms with van der Waals surface area (Å²) in [5.41, 5.74) is 1.65. The first-order valence-corrected chi connectivity index (χ1v) is 9.35. The number of methoxy groups -OCH3 is 1. The Hall–Kier alpha value is -2.57. The van der Waals surface area contributed by atoms with E-state index >= 15 is 0 Å². The standard InChI is InChI=1S/C20H26N2O5/c1-13-6-7-17(26-3)16(10-13)22-12-15(11-18(22)23)20(25)27-14(2)19(24)21-8-4-5-9-21/h6-7,10,14-15H,4-5,8-9,11-12H2,1-3H3/t14-,15-/m1/s1. The molecule has 2 aliphatic rings. The van der Waals surface area contributed by atoms with Gasteiger partial charge in [-0.15, -0.1) is 0 Å². The number of carbonyl (C=O) groups is 3. The van der Waals surface area contributed by atoms with Crippen LogP contribution in [0.3, 0.4) is 0 Å². The number of aryl methyl sites for hydroxylation is 1. The minimum Gasteiger partial charge on any atom is -0.495 e. The van der Waals surface area contributed by atoms with Crippen LogP contribution in [0.15, 0.2) is 18.2 Å². The van der Waals surface area contributed by atoms with E-state index < -0.39 is 18.0 Å². The molecule has 2 saturated heterocycles. The third-order valence-electron chi connectivity index (χ3n) is 5.14. The summed E-state index contributed by atoms with van der Waals surface area (Å²) in [7, 11) is 1.55. The topological polar surface area (TPSA) is 76.2 Å². The van der Waals surface area contributed by atoms with Crippen molar-refractivity contribution in [2.75, 3.05) is 31.6 Å². The highest BCUT2D eigenvalue weighted by Gasteiger charge is 2.38. The van der Waals surface area contributed by atoms with E-state index in [2.05, 4.69) is 0 Å². The van der Waals surface area contributed by atoms with E-state index in [1.807, 2.05) is 19.1 Å². The summed E-state index contributed by atoms with van der Waals surface area (Å²) in [4.78, 5) is 40.6. The molecule has 2 heterocycles. The number of carbonyl (C=O) groups excluding carboxylic acids is 3. The van der Waals surface area contributed by atoms with Crippen molar-refractivity contribution in [2.45, 2.75) is 39.2 Å².